The predicted octanol–water partition coefficient (Wildman–Crippen LogP) is 2.61. The van der Waals surface area contributed by atoms with Crippen LogP contribution < -0.4 is 0 Å². The van der Waals surface area contributed by atoms with Crippen LogP contribution in [0.1, 0.15) is 23.6 Å². The maximum Gasteiger partial charge on any atom is 0.186 e. The van der Waals surface area contributed by atoms with Crippen molar-refractivity contribution in [3.05, 3.63) is 59.2 Å². The first-order valence-electron chi connectivity index (χ1n) is 6.22. The minimum absolute atomic E-state index is 0.556. The van der Waals surface area contributed by atoms with Crippen molar-refractivity contribution >= 4 is 0 Å². The van der Waals surface area contributed by atoms with Gasteiger partial charge in [0.2, 0.25) is 0 Å². The molecule has 0 saturated carbocycles. The van der Waals surface area contributed by atoms with E-state index in [2.05, 4.69) is 18.2 Å². The summed E-state index contributed by atoms with van der Waals surface area (Å²) < 4.78 is 0. The molecule has 0 spiro atoms. The van der Waals surface area contributed by atoms with Gasteiger partial charge >= 0.3 is 0 Å². The summed E-state index contributed by atoms with van der Waals surface area (Å²) in [5.41, 5.74) is 5.60. The maximum absolute atomic E-state index is 9.64. The van der Waals surface area contributed by atoms with Crippen molar-refractivity contribution in [3.8, 4) is 11.1 Å². The second-order valence-electron chi connectivity index (χ2n) is 5.05. The largest absolute Gasteiger partial charge is 0.362 e. The average molecular weight is 240 g/mol. The van der Waals surface area contributed by atoms with E-state index in [1.807, 2.05) is 18.2 Å². The second kappa shape index (κ2) is 3.94. The fourth-order valence-electron chi connectivity index (χ4n) is 2.63. The van der Waals surface area contributed by atoms with Crippen LogP contribution in [0.15, 0.2) is 42.5 Å². The van der Waals surface area contributed by atoms with Crippen molar-refractivity contribution in [3.63, 3.8) is 0 Å². The zero-order chi connectivity index (χ0) is 12.8. The van der Waals surface area contributed by atoms with Gasteiger partial charge in [-0.15, -0.1) is 0 Å². The van der Waals surface area contributed by atoms with Crippen molar-refractivity contribution < 1.29 is 10.2 Å². The number of hydrogen-bond acceptors (Lipinski definition) is 2. The van der Waals surface area contributed by atoms with Gasteiger partial charge in [-0.3, -0.25) is 0 Å². The van der Waals surface area contributed by atoms with Gasteiger partial charge in [0.1, 0.15) is 0 Å². The van der Waals surface area contributed by atoms with Crippen LogP contribution >= 0.6 is 0 Å². The zero-order valence-corrected chi connectivity index (χ0v) is 10.4. The molecule has 2 nitrogen and oxygen atoms in total. The van der Waals surface area contributed by atoms with Gasteiger partial charge in [0.25, 0.3) is 0 Å². The third-order valence-electron chi connectivity index (χ3n) is 3.62. The van der Waals surface area contributed by atoms with E-state index in [4.69, 9.17) is 0 Å². The molecule has 2 heteroatoms. The summed E-state index contributed by atoms with van der Waals surface area (Å²) in [6.07, 6.45) is 1.97. The Morgan fingerprint density at radius 1 is 0.889 bits per heavy atom. The fourth-order valence-corrected chi connectivity index (χ4v) is 2.63. The molecule has 92 valence electrons. The van der Waals surface area contributed by atoms with Gasteiger partial charge in [-0.25, -0.2) is 0 Å². The average Bonchev–Trinajstić information content (AvgIpc) is 2.37. The molecule has 18 heavy (non-hydrogen) atoms. The van der Waals surface area contributed by atoms with Crippen LogP contribution in [0.2, 0.25) is 0 Å². The highest BCUT2D eigenvalue weighted by atomic mass is 16.5. The Morgan fingerprint density at radius 2 is 1.56 bits per heavy atom. The molecule has 0 amide bonds. The van der Waals surface area contributed by atoms with Crippen LogP contribution in [0, 0.1) is 0 Å². The lowest BCUT2D eigenvalue weighted by Crippen LogP contribution is -2.20. The molecule has 2 aromatic rings. The Hall–Kier alpha value is -1.64. The highest BCUT2D eigenvalue weighted by Crippen LogP contribution is 2.35. The van der Waals surface area contributed by atoms with Crippen molar-refractivity contribution in [1.29, 1.82) is 0 Å². The van der Waals surface area contributed by atoms with Crippen molar-refractivity contribution in [2.24, 2.45) is 0 Å². The Morgan fingerprint density at radius 3 is 2.33 bits per heavy atom. The van der Waals surface area contributed by atoms with E-state index in [0.717, 1.165) is 12.8 Å². The van der Waals surface area contributed by atoms with Gasteiger partial charge in [0, 0.05) is 5.56 Å². The normalized spacial score (nSPS) is 13.9. The van der Waals surface area contributed by atoms with Gasteiger partial charge in [-0.2, -0.15) is 0 Å². The Labute approximate surface area is 107 Å². The number of aryl methyl sites for hydroxylation is 2. The summed E-state index contributed by atoms with van der Waals surface area (Å²) in [5, 5.41) is 19.3. The molecule has 0 bridgehead atoms. The van der Waals surface area contributed by atoms with Crippen LogP contribution in [-0.4, -0.2) is 10.2 Å². The summed E-state index contributed by atoms with van der Waals surface area (Å²) >= 11 is 0. The van der Waals surface area contributed by atoms with Gasteiger partial charge in [-0.1, -0.05) is 36.4 Å². The molecule has 0 saturated heterocycles. The highest BCUT2D eigenvalue weighted by Gasteiger charge is 2.22. The lowest BCUT2D eigenvalue weighted by atomic mass is 9.84. The number of hydrogen-bond donors (Lipinski definition) is 2. The van der Waals surface area contributed by atoms with Crippen molar-refractivity contribution in [2.45, 2.75) is 25.6 Å². The van der Waals surface area contributed by atoms with Gasteiger partial charge in [-0.05, 0) is 48.1 Å². The molecular formula is C16H16O2. The molecule has 1 aliphatic carbocycles. The molecule has 3 rings (SSSR count). The minimum atomic E-state index is -1.76. The van der Waals surface area contributed by atoms with Crippen LogP contribution in [0.25, 0.3) is 11.1 Å². The summed E-state index contributed by atoms with van der Waals surface area (Å²) in [5.74, 6) is -1.76. The molecule has 0 radical (unpaired) electrons. The highest BCUT2D eigenvalue weighted by molar-refractivity contribution is 5.73. The monoisotopic (exact) mass is 240 g/mol. The van der Waals surface area contributed by atoms with Crippen LogP contribution in [-0.2, 0) is 18.6 Å². The third-order valence-corrected chi connectivity index (χ3v) is 3.62. The molecule has 2 aromatic carbocycles. The van der Waals surface area contributed by atoms with Gasteiger partial charge < -0.3 is 10.2 Å². The minimum Gasteiger partial charge on any atom is -0.362 e. The first-order valence-corrected chi connectivity index (χ1v) is 6.22. The van der Waals surface area contributed by atoms with E-state index in [0.29, 0.717) is 5.56 Å². The first-order chi connectivity index (χ1) is 8.55. The SMILES string of the molecule is CC(O)(O)c1ccc2c(c1)CCc1ccccc1-2. The second-order valence-corrected chi connectivity index (χ2v) is 5.05. The zero-order valence-electron chi connectivity index (χ0n) is 10.4. The molecule has 2 N–H and O–H groups in total. The lowest BCUT2D eigenvalue weighted by Gasteiger charge is -2.23. The molecule has 0 aliphatic heterocycles. The maximum atomic E-state index is 9.64. The Kier molecular flexibility index (Phi) is 2.51. The van der Waals surface area contributed by atoms with Crippen LogP contribution in [0.5, 0.6) is 0 Å². The standard InChI is InChI=1S/C16H16O2/c1-16(17,18)13-8-9-15-12(10-13)7-6-11-4-2-3-5-14(11)15/h2-5,8-10,17-18H,6-7H2,1H3. The molecule has 0 aromatic heterocycles. The quantitative estimate of drug-likeness (QED) is 0.752. The van der Waals surface area contributed by atoms with E-state index in [1.165, 1.54) is 29.2 Å². The van der Waals surface area contributed by atoms with E-state index in [-0.39, 0.29) is 0 Å². The van der Waals surface area contributed by atoms with Crippen LogP contribution in [0.4, 0.5) is 0 Å². The topological polar surface area (TPSA) is 40.5 Å². The number of benzene rings is 2. The van der Waals surface area contributed by atoms with E-state index >= 15 is 0 Å². The van der Waals surface area contributed by atoms with Gasteiger partial charge in [0.05, 0.1) is 0 Å². The summed E-state index contributed by atoms with van der Waals surface area (Å²) in [6.45, 7) is 1.39. The predicted molar refractivity (Wildman–Crippen MR) is 71.1 cm³/mol. The van der Waals surface area contributed by atoms with Gasteiger partial charge in [0.15, 0.2) is 5.79 Å². The molecule has 0 unspecified atom stereocenters. The smallest absolute Gasteiger partial charge is 0.186 e. The Balaban J connectivity index is 2.14. The molecule has 1 aliphatic rings. The molecule has 0 fully saturated rings. The van der Waals surface area contributed by atoms with Crippen molar-refractivity contribution in [2.75, 3.05) is 0 Å². The third kappa shape index (κ3) is 1.84. The first kappa shape index (κ1) is 11.5. The molecule has 0 heterocycles. The van der Waals surface area contributed by atoms with E-state index in [9.17, 15) is 10.2 Å². The van der Waals surface area contributed by atoms with Crippen molar-refractivity contribution in [1.82, 2.24) is 0 Å². The lowest BCUT2D eigenvalue weighted by molar-refractivity contribution is -0.152. The summed E-state index contributed by atoms with van der Waals surface area (Å²) in [7, 11) is 0. The fraction of sp³-hybridized carbons (Fsp3) is 0.250. The summed E-state index contributed by atoms with van der Waals surface area (Å²) in [6, 6.07) is 14.1. The van der Waals surface area contributed by atoms with E-state index < -0.39 is 5.79 Å². The number of aliphatic hydroxyl groups is 2. The summed E-state index contributed by atoms with van der Waals surface area (Å²) in [4.78, 5) is 0. The Bertz CT molecular complexity index is 594. The molecular weight excluding hydrogens is 224 g/mol. The number of rotatable bonds is 1. The molecule has 0 atom stereocenters. The van der Waals surface area contributed by atoms with E-state index in [1.54, 1.807) is 6.07 Å². The number of fused-ring (bicyclic) bond motifs is 3. The van der Waals surface area contributed by atoms with Crippen LogP contribution in [0.3, 0.4) is 0 Å².